The summed E-state index contributed by atoms with van der Waals surface area (Å²) in [5.41, 5.74) is 5.35. The van der Waals surface area contributed by atoms with E-state index in [1.807, 2.05) is 5.32 Å². The molecule has 0 atom stereocenters. The first kappa shape index (κ1) is 16.6. The summed E-state index contributed by atoms with van der Waals surface area (Å²) in [6.07, 6.45) is -0.0225. The Balaban J connectivity index is 2.57. The van der Waals surface area contributed by atoms with Crippen molar-refractivity contribution in [3.8, 4) is 0 Å². The van der Waals surface area contributed by atoms with Crippen LogP contribution in [0.3, 0.4) is 0 Å². The highest BCUT2D eigenvalue weighted by Crippen LogP contribution is 2.06. The number of nitrogens with zero attached hydrogens (tertiary/aromatic N) is 3. The Labute approximate surface area is 120 Å². The number of esters is 1. The van der Waals surface area contributed by atoms with E-state index in [0.717, 1.165) is 0 Å². The van der Waals surface area contributed by atoms with Crippen molar-refractivity contribution in [2.45, 2.75) is 19.9 Å². The molecule has 1 rings (SSSR count). The molecule has 0 aromatic carbocycles. The minimum atomic E-state index is -0.919. The van der Waals surface area contributed by atoms with Crippen LogP contribution >= 0.6 is 0 Å². The number of primary amides is 1. The predicted molar refractivity (Wildman–Crippen MR) is 69.3 cm³/mol. The Morgan fingerprint density at radius 1 is 1.33 bits per heavy atom. The molecule has 0 aliphatic rings. The molecule has 0 radical (unpaired) electrons. The molecule has 3 N–H and O–H groups in total. The summed E-state index contributed by atoms with van der Waals surface area (Å²) in [5, 5.41) is 9.39. The Morgan fingerprint density at radius 2 is 2.05 bits per heavy atom. The fraction of sp³-hybridized carbons (Fsp3) is 0.545. The fourth-order valence-electron chi connectivity index (χ4n) is 1.45. The number of rotatable bonds is 7. The smallest absolute Gasteiger partial charge is 0.360 e. The zero-order valence-electron chi connectivity index (χ0n) is 11.8. The number of amides is 3. The van der Waals surface area contributed by atoms with Gasteiger partial charge in [-0.1, -0.05) is 5.21 Å². The molecule has 1 aromatic heterocycles. The van der Waals surface area contributed by atoms with E-state index in [2.05, 4.69) is 10.3 Å². The largest absolute Gasteiger partial charge is 0.458 e. The first-order valence-electron chi connectivity index (χ1n) is 6.11. The van der Waals surface area contributed by atoms with E-state index in [1.54, 1.807) is 6.92 Å². The van der Waals surface area contributed by atoms with Gasteiger partial charge in [0.1, 0.15) is 6.61 Å². The molecule has 0 saturated heterocycles. The third kappa shape index (κ3) is 5.18. The van der Waals surface area contributed by atoms with E-state index in [1.165, 1.54) is 11.8 Å². The lowest BCUT2D eigenvalue weighted by molar-refractivity contribution is -0.120. The number of imide groups is 1. The maximum Gasteiger partial charge on any atom is 0.360 e. The number of nitrogens with two attached hydrogens (primary N) is 1. The Bertz CT molecular complexity index is 527. The van der Waals surface area contributed by atoms with Crippen LogP contribution in [0.4, 0.5) is 4.79 Å². The van der Waals surface area contributed by atoms with Gasteiger partial charge in [-0.15, -0.1) is 5.10 Å². The third-order valence-electron chi connectivity index (χ3n) is 2.51. The van der Waals surface area contributed by atoms with Gasteiger partial charge in [0.2, 0.25) is 5.91 Å². The topological polar surface area (TPSA) is 138 Å². The summed E-state index contributed by atoms with van der Waals surface area (Å²) in [5.74, 6) is -1.15. The number of urea groups is 1. The first-order chi connectivity index (χ1) is 9.95. The van der Waals surface area contributed by atoms with E-state index in [0.29, 0.717) is 5.69 Å². The highest BCUT2D eigenvalue weighted by molar-refractivity contribution is 5.93. The first-order valence-corrected chi connectivity index (χ1v) is 6.11. The van der Waals surface area contributed by atoms with Gasteiger partial charge in [-0.25, -0.2) is 14.3 Å². The average molecular weight is 299 g/mol. The van der Waals surface area contributed by atoms with Crippen LogP contribution in [0, 0.1) is 6.92 Å². The summed E-state index contributed by atoms with van der Waals surface area (Å²) in [6.45, 7) is 2.18. The SMILES string of the molecule is COCCOC(=O)c1nnn(CCC(=O)NC(N)=O)c1C. The number of aromatic nitrogens is 3. The van der Waals surface area contributed by atoms with Gasteiger partial charge < -0.3 is 15.2 Å². The Hall–Kier alpha value is -2.49. The van der Waals surface area contributed by atoms with Crippen LogP contribution in [0.2, 0.25) is 0 Å². The van der Waals surface area contributed by atoms with E-state index in [4.69, 9.17) is 15.2 Å². The molecule has 10 heteroatoms. The number of hydrogen-bond donors (Lipinski definition) is 2. The molecule has 0 aliphatic carbocycles. The average Bonchev–Trinajstić information content (AvgIpc) is 2.77. The molecule has 0 bridgehead atoms. The number of hydrogen-bond acceptors (Lipinski definition) is 7. The molecular weight excluding hydrogens is 282 g/mol. The van der Waals surface area contributed by atoms with Gasteiger partial charge in [-0.05, 0) is 6.92 Å². The minimum absolute atomic E-state index is 0.0225. The normalized spacial score (nSPS) is 10.2. The third-order valence-corrected chi connectivity index (χ3v) is 2.51. The van der Waals surface area contributed by atoms with Crippen LogP contribution in [0.1, 0.15) is 22.6 Å². The molecule has 21 heavy (non-hydrogen) atoms. The van der Waals surface area contributed by atoms with E-state index < -0.39 is 17.9 Å². The minimum Gasteiger partial charge on any atom is -0.458 e. The summed E-state index contributed by atoms with van der Waals surface area (Å²) in [7, 11) is 1.49. The summed E-state index contributed by atoms with van der Waals surface area (Å²) in [6, 6.07) is -0.919. The van der Waals surface area contributed by atoms with E-state index >= 15 is 0 Å². The molecule has 10 nitrogen and oxygen atoms in total. The van der Waals surface area contributed by atoms with Gasteiger partial charge in [0.05, 0.1) is 18.8 Å². The highest BCUT2D eigenvalue weighted by Gasteiger charge is 2.18. The van der Waals surface area contributed by atoms with Crippen LogP contribution in [0.25, 0.3) is 0 Å². The molecule has 0 aliphatic heterocycles. The van der Waals surface area contributed by atoms with Gasteiger partial charge in [-0.3, -0.25) is 10.1 Å². The molecular formula is C11H17N5O5. The number of nitrogens with one attached hydrogen (secondary N) is 1. The second-order valence-electron chi connectivity index (χ2n) is 4.04. The van der Waals surface area contributed by atoms with Crippen molar-refractivity contribution >= 4 is 17.9 Å². The zero-order valence-corrected chi connectivity index (χ0v) is 11.8. The quantitative estimate of drug-likeness (QED) is 0.485. The van der Waals surface area contributed by atoms with Crippen LogP contribution in [-0.2, 0) is 20.8 Å². The van der Waals surface area contributed by atoms with Crippen molar-refractivity contribution in [2.24, 2.45) is 5.73 Å². The maximum absolute atomic E-state index is 11.7. The molecule has 0 spiro atoms. The molecule has 116 valence electrons. The van der Waals surface area contributed by atoms with Crippen LogP contribution in [-0.4, -0.2) is 53.2 Å². The van der Waals surface area contributed by atoms with Crippen molar-refractivity contribution in [1.82, 2.24) is 20.3 Å². The molecule has 3 amide bonds. The number of methoxy groups -OCH3 is 1. The lowest BCUT2D eigenvalue weighted by Crippen LogP contribution is -2.35. The summed E-state index contributed by atoms with van der Waals surface area (Å²) in [4.78, 5) is 33.5. The van der Waals surface area contributed by atoms with Crippen LogP contribution < -0.4 is 11.1 Å². The predicted octanol–water partition coefficient (Wildman–Crippen LogP) is -1.03. The number of aryl methyl sites for hydroxylation is 1. The second-order valence-corrected chi connectivity index (χ2v) is 4.04. The molecule has 0 saturated carbocycles. The summed E-state index contributed by atoms with van der Waals surface area (Å²) < 4.78 is 11.0. The Kier molecular flexibility index (Phi) is 6.27. The van der Waals surface area contributed by atoms with E-state index in [9.17, 15) is 14.4 Å². The number of carbonyl (C=O) groups is 3. The lowest BCUT2D eigenvalue weighted by atomic mass is 10.3. The zero-order chi connectivity index (χ0) is 15.8. The van der Waals surface area contributed by atoms with Crippen molar-refractivity contribution in [2.75, 3.05) is 20.3 Å². The Morgan fingerprint density at radius 3 is 2.67 bits per heavy atom. The van der Waals surface area contributed by atoms with E-state index in [-0.39, 0.29) is 31.9 Å². The van der Waals surface area contributed by atoms with Crippen molar-refractivity contribution in [3.05, 3.63) is 11.4 Å². The van der Waals surface area contributed by atoms with Gasteiger partial charge >= 0.3 is 12.0 Å². The summed E-state index contributed by atoms with van der Waals surface area (Å²) >= 11 is 0. The maximum atomic E-state index is 11.7. The van der Waals surface area contributed by atoms with Gasteiger partial charge in [-0.2, -0.15) is 0 Å². The number of carbonyl (C=O) groups excluding carboxylic acids is 3. The van der Waals surface area contributed by atoms with Gasteiger partial charge in [0, 0.05) is 13.5 Å². The van der Waals surface area contributed by atoms with Gasteiger partial charge in [0.25, 0.3) is 0 Å². The van der Waals surface area contributed by atoms with Crippen molar-refractivity contribution in [1.29, 1.82) is 0 Å². The molecule has 0 unspecified atom stereocenters. The standard InChI is InChI=1S/C11H17N5O5/c1-7-9(10(18)21-6-5-20-2)14-15-16(7)4-3-8(17)13-11(12)19/h3-6H2,1-2H3,(H3,12,13,17,19). The van der Waals surface area contributed by atoms with Crippen LogP contribution in [0.5, 0.6) is 0 Å². The van der Waals surface area contributed by atoms with Gasteiger partial charge in [0.15, 0.2) is 5.69 Å². The van der Waals surface area contributed by atoms with Crippen molar-refractivity contribution in [3.63, 3.8) is 0 Å². The molecule has 1 aromatic rings. The van der Waals surface area contributed by atoms with Crippen molar-refractivity contribution < 1.29 is 23.9 Å². The monoisotopic (exact) mass is 299 g/mol. The van der Waals surface area contributed by atoms with Crippen LogP contribution in [0.15, 0.2) is 0 Å². The highest BCUT2D eigenvalue weighted by atomic mass is 16.6. The fourth-order valence-corrected chi connectivity index (χ4v) is 1.45. The number of ether oxygens (including phenoxy) is 2. The molecule has 1 heterocycles. The lowest BCUT2D eigenvalue weighted by Gasteiger charge is -2.04. The second kappa shape index (κ2) is 7.94. The molecule has 0 fully saturated rings.